The lowest BCUT2D eigenvalue weighted by molar-refractivity contribution is -0.114. The summed E-state index contributed by atoms with van der Waals surface area (Å²) in [6.07, 6.45) is 1.46. The number of likely N-dealkylation sites (N-methyl/N-ethyl adjacent to an activating group) is 1. The molecule has 10 heteroatoms. The SMILES string of the molecule is C=C(C)C(=O)N(C)c1nc(CCC)n(Cc2ccc(-c3ccccc3-c3nn[nH]n3)cc2)c1C(=O)OCC. The number of carbonyl (C=O) groups excluding carboxylic acids is 2. The van der Waals surface area contributed by atoms with E-state index >= 15 is 0 Å². The Labute approximate surface area is 221 Å². The van der Waals surface area contributed by atoms with Gasteiger partial charge in [0.2, 0.25) is 5.82 Å². The zero-order valence-electron chi connectivity index (χ0n) is 22.1. The molecule has 4 rings (SSSR count). The van der Waals surface area contributed by atoms with Crippen molar-refractivity contribution < 1.29 is 14.3 Å². The van der Waals surface area contributed by atoms with Gasteiger partial charge in [0.15, 0.2) is 11.5 Å². The third kappa shape index (κ3) is 5.39. The monoisotopic (exact) mass is 513 g/mol. The number of aromatic nitrogens is 6. The zero-order valence-corrected chi connectivity index (χ0v) is 22.1. The van der Waals surface area contributed by atoms with E-state index in [1.54, 1.807) is 20.9 Å². The molecule has 0 saturated carbocycles. The Morgan fingerprint density at radius 3 is 2.39 bits per heavy atom. The van der Waals surface area contributed by atoms with Gasteiger partial charge < -0.3 is 9.30 Å². The van der Waals surface area contributed by atoms with Crippen molar-refractivity contribution in [3.63, 3.8) is 0 Å². The minimum absolute atomic E-state index is 0.208. The van der Waals surface area contributed by atoms with Crippen LogP contribution in [0.15, 0.2) is 60.7 Å². The zero-order chi connectivity index (χ0) is 27.2. The highest BCUT2D eigenvalue weighted by atomic mass is 16.5. The number of nitrogens with one attached hydrogen (secondary N) is 1. The molecule has 0 radical (unpaired) electrons. The van der Waals surface area contributed by atoms with Gasteiger partial charge in [-0.1, -0.05) is 62.0 Å². The lowest BCUT2D eigenvalue weighted by atomic mass is 9.98. The number of tetrazole rings is 1. The Kier molecular flexibility index (Phi) is 8.10. The van der Waals surface area contributed by atoms with E-state index in [9.17, 15) is 9.59 Å². The molecule has 0 unspecified atom stereocenters. The summed E-state index contributed by atoms with van der Waals surface area (Å²) in [5, 5.41) is 14.4. The first-order valence-corrected chi connectivity index (χ1v) is 12.5. The minimum Gasteiger partial charge on any atom is -0.461 e. The number of hydrogen-bond donors (Lipinski definition) is 1. The summed E-state index contributed by atoms with van der Waals surface area (Å²) in [5.74, 6) is 0.661. The molecule has 0 fully saturated rings. The van der Waals surface area contributed by atoms with Crippen LogP contribution in [0.25, 0.3) is 22.5 Å². The fraction of sp³-hybridized carbons (Fsp3) is 0.286. The number of H-pyrrole nitrogens is 1. The van der Waals surface area contributed by atoms with Crippen LogP contribution in [0.2, 0.25) is 0 Å². The molecule has 4 aromatic rings. The van der Waals surface area contributed by atoms with Gasteiger partial charge in [0.1, 0.15) is 5.82 Å². The molecule has 1 amide bonds. The van der Waals surface area contributed by atoms with Crippen LogP contribution in [0.3, 0.4) is 0 Å². The summed E-state index contributed by atoms with van der Waals surface area (Å²) < 4.78 is 7.22. The quantitative estimate of drug-likeness (QED) is 0.246. The van der Waals surface area contributed by atoms with Crippen LogP contribution < -0.4 is 4.90 Å². The van der Waals surface area contributed by atoms with E-state index in [1.165, 1.54) is 4.90 Å². The number of imidazole rings is 1. The van der Waals surface area contributed by atoms with Gasteiger partial charge in [-0.15, -0.1) is 10.2 Å². The molecule has 2 aromatic carbocycles. The minimum atomic E-state index is -0.524. The number of ether oxygens (including phenoxy) is 1. The van der Waals surface area contributed by atoms with Crippen LogP contribution in [-0.2, 0) is 22.5 Å². The van der Waals surface area contributed by atoms with Gasteiger partial charge >= 0.3 is 5.97 Å². The summed E-state index contributed by atoms with van der Waals surface area (Å²) in [4.78, 5) is 31.9. The third-order valence-electron chi connectivity index (χ3n) is 6.08. The summed E-state index contributed by atoms with van der Waals surface area (Å²) in [6.45, 7) is 9.76. The molecule has 0 spiro atoms. The van der Waals surface area contributed by atoms with E-state index in [2.05, 4.69) is 27.2 Å². The average Bonchev–Trinajstić information content (AvgIpc) is 3.58. The number of nitrogens with zero attached hydrogens (tertiary/aromatic N) is 6. The number of benzene rings is 2. The van der Waals surface area contributed by atoms with Gasteiger partial charge in [0, 0.05) is 31.1 Å². The summed E-state index contributed by atoms with van der Waals surface area (Å²) >= 11 is 0. The molecule has 0 atom stereocenters. The largest absolute Gasteiger partial charge is 0.461 e. The molecule has 0 aliphatic heterocycles. The highest BCUT2D eigenvalue weighted by Crippen LogP contribution is 2.30. The number of aromatic amines is 1. The van der Waals surface area contributed by atoms with Crippen molar-refractivity contribution in [1.29, 1.82) is 0 Å². The van der Waals surface area contributed by atoms with Crippen LogP contribution in [0.1, 0.15) is 49.1 Å². The Bertz CT molecular complexity index is 1440. The first-order valence-electron chi connectivity index (χ1n) is 12.5. The molecular weight excluding hydrogens is 482 g/mol. The predicted octanol–water partition coefficient (Wildman–Crippen LogP) is 4.45. The summed E-state index contributed by atoms with van der Waals surface area (Å²) in [6, 6.07) is 15.9. The normalized spacial score (nSPS) is 10.8. The van der Waals surface area contributed by atoms with Crippen molar-refractivity contribution in [1.82, 2.24) is 30.2 Å². The second-order valence-corrected chi connectivity index (χ2v) is 8.88. The average molecular weight is 514 g/mol. The third-order valence-corrected chi connectivity index (χ3v) is 6.08. The number of esters is 1. The predicted molar refractivity (Wildman–Crippen MR) is 145 cm³/mol. The van der Waals surface area contributed by atoms with Crippen LogP contribution in [0.4, 0.5) is 5.82 Å². The molecule has 10 nitrogen and oxygen atoms in total. The first-order chi connectivity index (χ1) is 18.3. The van der Waals surface area contributed by atoms with Gasteiger partial charge in [-0.2, -0.15) is 5.21 Å². The molecular formula is C28H31N7O3. The second kappa shape index (κ2) is 11.6. The summed E-state index contributed by atoms with van der Waals surface area (Å²) in [7, 11) is 1.60. The molecule has 196 valence electrons. The number of carbonyl (C=O) groups is 2. The van der Waals surface area contributed by atoms with E-state index in [-0.39, 0.29) is 24.0 Å². The fourth-order valence-corrected chi connectivity index (χ4v) is 4.27. The van der Waals surface area contributed by atoms with Crippen LogP contribution in [0.5, 0.6) is 0 Å². The standard InChI is InChI=1S/C28H31N7O3/c1-6-10-23-29-26(34(5)27(36)18(3)4)24(28(37)38-7-2)35(23)17-19-13-15-20(16-14-19)21-11-8-9-12-22(21)25-30-32-33-31-25/h8-9,11-16H,3,6-7,10,17H2,1-2,4-5H3,(H,30,31,32,33). The van der Waals surface area contributed by atoms with Crippen molar-refractivity contribution in [2.24, 2.45) is 0 Å². The number of amides is 1. The number of rotatable bonds is 10. The second-order valence-electron chi connectivity index (χ2n) is 8.88. The van der Waals surface area contributed by atoms with E-state index in [4.69, 9.17) is 9.72 Å². The van der Waals surface area contributed by atoms with E-state index in [0.29, 0.717) is 30.2 Å². The molecule has 38 heavy (non-hydrogen) atoms. The van der Waals surface area contributed by atoms with E-state index < -0.39 is 5.97 Å². The molecule has 0 saturated heterocycles. The Morgan fingerprint density at radius 1 is 1.08 bits per heavy atom. The van der Waals surface area contributed by atoms with Crippen molar-refractivity contribution in [2.75, 3.05) is 18.6 Å². The molecule has 0 bridgehead atoms. The van der Waals surface area contributed by atoms with Gasteiger partial charge in [-0.3, -0.25) is 9.69 Å². The lowest BCUT2D eigenvalue weighted by Crippen LogP contribution is -2.29. The van der Waals surface area contributed by atoms with E-state index in [1.807, 2.05) is 60.0 Å². The van der Waals surface area contributed by atoms with Gasteiger partial charge in [0.25, 0.3) is 5.91 Å². The molecule has 2 heterocycles. The molecule has 1 N–H and O–H groups in total. The van der Waals surface area contributed by atoms with Crippen molar-refractivity contribution >= 4 is 17.7 Å². The number of aryl methyl sites for hydroxylation is 1. The van der Waals surface area contributed by atoms with Crippen LogP contribution in [0, 0.1) is 0 Å². The fourth-order valence-electron chi connectivity index (χ4n) is 4.27. The van der Waals surface area contributed by atoms with Crippen LogP contribution in [-0.4, -0.2) is 55.7 Å². The lowest BCUT2D eigenvalue weighted by Gasteiger charge is -2.17. The number of hydrogen-bond acceptors (Lipinski definition) is 7. The molecule has 2 aromatic heterocycles. The first kappa shape index (κ1) is 26.5. The van der Waals surface area contributed by atoms with Crippen molar-refractivity contribution in [2.45, 2.75) is 40.2 Å². The maximum absolute atomic E-state index is 13.1. The highest BCUT2D eigenvalue weighted by Gasteiger charge is 2.29. The number of anilines is 1. The van der Waals surface area contributed by atoms with Gasteiger partial charge in [0.05, 0.1) is 6.61 Å². The van der Waals surface area contributed by atoms with Crippen molar-refractivity contribution in [3.8, 4) is 22.5 Å². The topological polar surface area (TPSA) is 119 Å². The van der Waals surface area contributed by atoms with Gasteiger partial charge in [-0.25, -0.2) is 9.78 Å². The van der Waals surface area contributed by atoms with Crippen molar-refractivity contribution in [3.05, 3.63) is 77.8 Å². The maximum Gasteiger partial charge on any atom is 0.358 e. The Balaban J connectivity index is 1.73. The van der Waals surface area contributed by atoms with Gasteiger partial charge in [-0.05, 0) is 42.2 Å². The molecule has 0 aliphatic carbocycles. The maximum atomic E-state index is 13.1. The van der Waals surface area contributed by atoms with E-state index in [0.717, 1.165) is 28.7 Å². The highest BCUT2D eigenvalue weighted by molar-refractivity contribution is 6.07. The van der Waals surface area contributed by atoms with Crippen LogP contribution >= 0.6 is 0 Å². The summed E-state index contributed by atoms with van der Waals surface area (Å²) in [5.41, 5.74) is 4.40. The Morgan fingerprint density at radius 2 is 1.79 bits per heavy atom. The Hall–Kier alpha value is -4.60. The molecule has 0 aliphatic rings. The smallest absolute Gasteiger partial charge is 0.358 e.